The molecule has 1 aliphatic heterocycles. The molecule has 0 bridgehead atoms. The molecule has 0 aromatic carbocycles. The van der Waals surface area contributed by atoms with Gasteiger partial charge >= 0.3 is 0 Å². The van der Waals surface area contributed by atoms with Crippen molar-refractivity contribution in [1.82, 2.24) is 14.7 Å². The van der Waals surface area contributed by atoms with Gasteiger partial charge in [0.05, 0.1) is 5.69 Å². The number of carbonyl (C=O) groups is 1. The molecule has 1 fully saturated rings. The summed E-state index contributed by atoms with van der Waals surface area (Å²) in [6, 6.07) is 1.85. The zero-order valence-corrected chi connectivity index (χ0v) is 11.8. The Morgan fingerprint density at radius 1 is 1.61 bits per heavy atom. The quantitative estimate of drug-likeness (QED) is 0.789. The predicted octanol–water partition coefficient (Wildman–Crippen LogP) is 2.21. The number of nitrogens with zero attached hydrogens (tertiary/aromatic N) is 3. The fourth-order valence-electron chi connectivity index (χ4n) is 2.61. The molecular weight excluding hydrogens is 250 g/mol. The molecule has 1 atom stereocenters. The van der Waals surface area contributed by atoms with Gasteiger partial charge in [-0.05, 0) is 38.2 Å². The lowest BCUT2D eigenvalue weighted by Crippen LogP contribution is -2.40. The molecule has 4 nitrogen and oxygen atoms in total. The number of amides is 1. The monoisotopic (exact) mass is 269 g/mol. The Bertz CT molecular complexity index is 428. The Morgan fingerprint density at radius 2 is 2.39 bits per heavy atom. The Hall–Kier alpha value is -1.03. The van der Waals surface area contributed by atoms with Crippen molar-refractivity contribution in [2.75, 3.05) is 19.0 Å². The van der Waals surface area contributed by atoms with Crippen LogP contribution in [0.1, 0.15) is 35.4 Å². The first-order chi connectivity index (χ1) is 8.61. The Labute approximate surface area is 113 Å². The maximum absolute atomic E-state index is 12.4. The summed E-state index contributed by atoms with van der Waals surface area (Å²) in [5.74, 6) is 1.32. The van der Waals surface area contributed by atoms with E-state index in [0.717, 1.165) is 31.6 Å². The highest BCUT2D eigenvalue weighted by molar-refractivity contribution is 6.17. The van der Waals surface area contributed by atoms with Crippen LogP contribution in [0.5, 0.6) is 0 Å². The van der Waals surface area contributed by atoms with Gasteiger partial charge in [-0.2, -0.15) is 5.10 Å². The van der Waals surface area contributed by atoms with Gasteiger partial charge in [0.2, 0.25) is 0 Å². The number of carbonyl (C=O) groups excluding carboxylic acids is 1. The van der Waals surface area contributed by atoms with Crippen LogP contribution in [-0.2, 0) is 7.05 Å². The zero-order chi connectivity index (χ0) is 13.1. The van der Waals surface area contributed by atoms with E-state index in [1.165, 1.54) is 6.42 Å². The summed E-state index contributed by atoms with van der Waals surface area (Å²) in [7, 11) is 1.82. The first kappa shape index (κ1) is 13.4. The van der Waals surface area contributed by atoms with Gasteiger partial charge in [-0.3, -0.25) is 9.48 Å². The Morgan fingerprint density at radius 3 is 3.00 bits per heavy atom. The molecular formula is C13H20ClN3O. The maximum atomic E-state index is 12.4. The van der Waals surface area contributed by atoms with Gasteiger partial charge < -0.3 is 4.90 Å². The summed E-state index contributed by atoms with van der Waals surface area (Å²) in [5.41, 5.74) is 1.56. The number of hydrogen-bond donors (Lipinski definition) is 0. The minimum absolute atomic E-state index is 0.0948. The largest absolute Gasteiger partial charge is 0.337 e. The number of alkyl halides is 1. The van der Waals surface area contributed by atoms with E-state index in [4.69, 9.17) is 11.6 Å². The maximum Gasteiger partial charge on any atom is 0.272 e. The van der Waals surface area contributed by atoms with Crippen LogP contribution < -0.4 is 0 Å². The fourth-order valence-corrected chi connectivity index (χ4v) is 2.92. The normalized spacial score (nSPS) is 20.2. The molecule has 2 rings (SSSR count). The topological polar surface area (TPSA) is 38.1 Å². The third kappa shape index (κ3) is 2.86. The number of likely N-dealkylation sites (tertiary alicyclic amines) is 1. The second-order valence-electron chi connectivity index (χ2n) is 5.03. The minimum Gasteiger partial charge on any atom is -0.337 e. The first-order valence-corrected chi connectivity index (χ1v) is 7.01. The molecule has 1 unspecified atom stereocenters. The Balaban J connectivity index is 2.06. The summed E-state index contributed by atoms with van der Waals surface area (Å²) >= 11 is 5.79. The highest BCUT2D eigenvalue weighted by Gasteiger charge is 2.25. The molecule has 1 amide bonds. The summed E-state index contributed by atoms with van der Waals surface area (Å²) in [6.45, 7) is 3.58. The van der Waals surface area contributed by atoms with Crippen molar-refractivity contribution in [2.24, 2.45) is 13.0 Å². The number of piperidine rings is 1. The number of halogens is 1. The molecule has 5 heteroatoms. The first-order valence-electron chi connectivity index (χ1n) is 6.47. The van der Waals surface area contributed by atoms with E-state index in [2.05, 4.69) is 5.10 Å². The molecule has 0 radical (unpaired) electrons. The van der Waals surface area contributed by atoms with Crippen molar-refractivity contribution in [1.29, 1.82) is 0 Å². The summed E-state index contributed by atoms with van der Waals surface area (Å²) in [6.07, 6.45) is 3.25. The number of hydrogen-bond acceptors (Lipinski definition) is 2. The van der Waals surface area contributed by atoms with Gasteiger partial charge in [0.15, 0.2) is 0 Å². The van der Waals surface area contributed by atoms with E-state index in [0.29, 0.717) is 17.5 Å². The van der Waals surface area contributed by atoms with Crippen LogP contribution in [0.25, 0.3) is 0 Å². The molecule has 0 N–H and O–H groups in total. The second kappa shape index (κ2) is 5.74. The van der Waals surface area contributed by atoms with Gasteiger partial charge in [-0.15, -0.1) is 11.6 Å². The van der Waals surface area contributed by atoms with Crippen molar-refractivity contribution in [3.8, 4) is 0 Å². The van der Waals surface area contributed by atoms with Gasteiger partial charge in [-0.25, -0.2) is 0 Å². The predicted molar refractivity (Wildman–Crippen MR) is 71.9 cm³/mol. The third-order valence-corrected chi connectivity index (χ3v) is 3.76. The van der Waals surface area contributed by atoms with Crippen molar-refractivity contribution in [2.45, 2.75) is 26.2 Å². The van der Waals surface area contributed by atoms with Crippen LogP contribution in [0.4, 0.5) is 0 Å². The molecule has 0 saturated carbocycles. The highest BCUT2D eigenvalue weighted by atomic mass is 35.5. The molecule has 2 heterocycles. The van der Waals surface area contributed by atoms with Gasteiger partial charge in [0.25, 0.3) is 5.91 Å². The minimum atomic E-state index is 0.0948. The van der Waals surface area contributed by atoms with Gasteiger partial charge in [0, 0.05) is 26.0 Å². The summed E-state index contributed by atoms with van der Waals surface area (Å²) < 4.78 is 1.67. The van der Waals surface area contributed by atoms with E-state index in [9.17, 15) is 4.79 Å². The van der Waals surface area contributed by atoms with Crippen LogP contribution in [0.15, 0.2) is 6.07 Å². The molecule has 18 heavy (non-hydrogen) atoms. The Kier molecular flexibility index (Phi) is 4.27. The lowest BCUT2D eigenvalue weighted by molar-refractivity contribution is 0.0660. The standard InChI is InChI=1S/C13H20ClN3O/c1-10-8-12(16(2)15-10)13(18)17-7-3-4-11(9-17)5-6-14/h8,11H,3-7,9H2,1-2H3. The molecule has 1 saturated heterocycles. The van der Waals surface area contributed by atoms with E-state index in [-0.39, 0.29) is 5.91 Å². The third-order valence-electron chi connectivity index (χ3n) is 3.54. The smallest absolute Gasteiger partial charge is 0.272 e. The van der Waals surface area contributed by atoms with Crippen LogP contribution in [0.2, 0.25) is 0 Å². The molecule has 100 valence electrons. The average Bonchev–Trinajstić information content (AvgIpc) is 2.68. The lowest BCUT2D eigenvalue weighted by Gasteiger charge is -2.32. The van der Waals surface area contributed by atoms with Crippen LogP contribution in [-0.4, -0.2) is 39.6 Å². The molecule has 0 spiro atoms. The molecule has 1 aromatic rings. The van der Waals surface area contributed by atoms with E-state index >= 15 is 0 Å². The van der Waals surface area contributed by atoms with Crippen molar-refractivity contribution >= 4 is 17.5 Å². The number of rotatable bonds is 3. The number of aryl methyl sites for hydroxylation is 2. The van der Waals surface area contributed by atoms with E-state index in [1.807, 2.05) is 24.9 Å². The summed E-state index contributed by atoms with van der Waals surface area (Å²) in [4.78, 5) is 14.4. The van der Waals surface area contributed by atoms with E-state index in [1.54, 1.807) is 4.68 Å². The average molecular weight is 270 g/mol. The lowest BCUT2D eigenvalue weighted by atomic mass is 9.95. The molecule has 1 aromatic heterocycles. The summed E-state index contributed by atoms with van der Waals surface area (Å²) in [5, 5.41) is 4.23. The number of aromatic nitrogens is 2. The van der Waals surface area contributed by atoms with Crippen molar-refractivity contribution in [3.05, 3.63) is 17.5 Å². The SMILES string of the molecule is Cc1cc(C(=O)N2CCCC(CCCl)C2)n(C)n1. The van der Waals surface area contributed by atoms with Crippen LogP contribution in [0.3, 0.4) is 0 Å². The van der Waals surface area contributed by atoms with E-state index < -0.39 is 0 Å². The van der Waals surface area contributed by atoms with Crippen LogP contribution >= 0.6 is 11.6 Å². The zero-order valence-electron chi connectivity index (χ0n) is 11.0. The molecule has 0 aliphatic carbocycles. The highest BCUT2D eigenvalue weighted by Crippen LogP contribution is 2.21. The van der Waals surface area contributed by atoms with Crippen molar-refractivity contribution < 1.29 is 4.79 Å². The van der Waals surface area contributed by atoms with Gasteiger partial charge in [0.1, 0.15) is 5.69 Å². The fraction of sp³-hybridized carbons (Fsp3) is 0.692. The van der Waals surface area contributed by atoms with Crippen molar-refractivity contribution in [3.63, 3.8) is 0 Å². The molecule has 1 aliphatic rings. The van der Waals surface area contributed by atoms with Gasteiger partial charge in [-0.1, -0.05) is 0 Å². The second-order valence-corrected chi connectivity index (χ2v) is 5.41. The van der Waals surface area contributed by atoms with Crippen LogP contribution in [0, 0.1) is 12.8 Å².